The lowest BCUT2D eigenvalue weighted by molar-refractivity contribution is -0.490. The highest BCUT2D eigenvalue weighted by molar-refractivity contribution is 6.31. The zero-order chi connectivity index (χ0) is 20.1. The summed E-state index contributed by atoms with van der Waals surface area (Å²) in [6.45, 7) is 2.68. The van der Waals surface area contributed by atoms with E-state index in [1.54, 1.807) is 32.0 Å². The summed E-state index contributed by atoms with van der Waals surface area (Å²) in [5.74, 6) is -2.84. The fraction of sp³-hybridized carbons (Fsp3) is 0.500. The Kier molecular flexibility index (Phi) is 6.90. The SMILES string of the molecule is Cc1ccc(Cl)cc1NC(=O)COC(=O)C[C@H]1C(=O)C[C@@H](C)[C@H]1C[N+](=O)[O-]. The molecule has 1 saturated carbocycles. The molecule has 1 aliphatic carbocycles. The number of amides is 1. The molecule has 0 unspecified atom stereocenters. The van der Waals surface area contributed by atoms with E-state index in [9.17, 15) is 24.5 Å². The molecule has 0 heterocycles. The predicted molar refractivity (Wildman–Crippen MR) is 98.0 cm³/mol. The number of esters is 1. The Bertz CT molecular complexity index is 766. The first-order valence-corrected chi connectivity index (χ1v) is 8.91. The Balaban J connectivity index is 1.87. The van der Waals surface area contributed by atoms with Crippen molar-refractivity contribution in [3.8, 4) is 0 Å². The van der Waals surface area contributed by atoms with Gasteiger partial charge in [0.15, 0.2) is 6.61 Å². The van der Waals surface area contributed by atoms with E-state index in [2.05, 4.69) is 5.32 Å². The van der Waals surface area contributed by atoms with Gasteiger partial charge < -0.3 is 10.1 Å². The molecule has 1 fully saturated rings. The number of aryl methyl sites for hydroxylation is 1. The highest BCUT2D eigenvalue weighted by atomic mass is 35.5. The van der Waals surface area contributed by atoms with Gasteiger partial charge >= 0.3 is 5.97 Å². The third-order valence-corrected chi connectivity index (χ3v) is 5.00. The van der Waals surface area contributed by atoms with Crippen molar-refractivity contribution in [2.45, 2.75) is 26.7 Å². The van der Waals surface area contributed by atoms with Gasteiger partial charge in [0.25, 0.3) is 5.91 Å². The second-order valence-corrected chi connectivity index (χ2v) is 7.24. The van der Waals surface area contributed by atoms with Crippen molar-refractivity contribution in [2.24, 2.45) is 17.8 Å². The number of rotatable bonds is 7. The van der Waals surface area contributed by atoms with Crippen LogP contribution < -0.4 is 5.32 Å². The van der Waals surface area contributed by atoms with Crippen LogP contribution in [0.1, 0.15) is 25.3 Å². The van der Waals surface area contributed by atoms with Gasteiger partial charge in [-0.15, -0.1) is 0 Å². The van der Waals surface area contributed by atoms with Crippen molar-refractivity contribution in [1.29, 1.82) is 0 Å². The number of nitrogens with one attached hydrogen (secondary N) is 1. The van der Waals surface area contributed by atoms with Crippen LogP contribution in [0.5, 0.6) is 0 Å². The average molecular weight is 397 g/mol. The topological polar surface area (TPSA) is 116 Å². The lowest BCUT2D eigenvalue weighted by Gasteiger charge is -2.17. The van der Waals surface area contributed by atoms with Crippen molar-refractivity contribution in [3.05, 3.63) is 38.9 Å². The molecule has 0 aromatic heterocycles. The van der Waals surface area contributed by atoms with E-state index in [0.717, 1.165) is 5.56 Å². The zero-order valence-electron chi connectivity index (χ0n) is 15.1. The number of halogens is 1. The van der Waals surface area contributed by atoms with Gasteiger partial charge in [-0.05, 0) is 30.5 Å². The Labute approximate surface area is 161 Å². The van der Waals surface area contributed by atoms with Gasteiger partial charge in [0, 0.05) is 33.9 Å². The number of ether oxygens (including phenoxy) is 1. The summed E-state index contributed by atoms with van der Waals surface area (Å²) >= 11 is 5.88. The largest absolute Gasteiger partial charge is 0.456 e. The Morgan fingerprint density at radius 1 is 1.41 bits per heavy atom. The maximum atomic E-state index is 12.0. The van der Waals surface area contributed by atoms with Gasteiger partial charge in [0.05, 0.1) is 6.42 Å². The van der Waals surface area contributed by atoms with E-state index >= 15 is 0 Å². The minimum absolute atomic E-state index is 0.158. The molecule has 1 aromatic carbocycles. The maximum absolute atomic E-state index is 12.0. The summed E-state index contributed by atoms with van der Waals surface area (Å²) in [5.41, 5.74) is 1.31. The number of anilines is 1. The van der Waals surface area contributed by atoms with Crippen LogP contribution in [0, 0.1) is 34.8 Å². The number of carbonyl (C=O) groups is 3. The van der Waals surface area contributed by atoms with E-state index < -0.39 is 35.2 Å². The molecule has 2 rings (SSSR count). The number of carbonyl (C=O) groups excluding carboxylic acids is 3. The highest BCUT2D eigenvalue weighted by Gasteiger charge is 2.44. The molecule has 0 bridgehead atoms. The first-order valence-electron chi connectivity index (χ1n) is 8.53. The molecular formula is C18H21ClN2O6. The molecule has 9 heteroatoms. The quantitative estimate of drug-likeness (QED) is 0.430. The molecule has 0 radical (unpaired) electrons. The van der Waals surface area contributed by atoms with Crippen LogP contribution in [0.4, 0.5) is 5.69 Å². The predicted octanol–water partition coefficient (Wildman–Crippen LogP) is 2.64. The van der Waals surface area contributed by atoms with E-state index in [1.165, 1.54) is 0 Å². The summed E-state index contributed by atoms with van der Waals surface area (Å²) in [4.78, 5) is 46.3. The van der Waals surface area contributed by atoms with Crippen LogP contribution in [-0.4, -0.2) is 35.7 Å². The van der Waals surface area contributed by atoms with Crippen LogP contribution in [0.3, 0.4) is 0 Å². The molecule has 1 amide bonds. The average Bonchev–Trinajstić information content (AvgIpc) is 2.83. The second kappa shape index (κ2) is 8.94. The molecule has 8 nitrogen and oxygen atoms in total. The third-order valence-electron chi connectivity index (χ3n) is 4.77. The normalized spacial score (nSPS) is 21.7. The Morgan fingerprint density at radius 3 is 2.78 bits per heavy atom. The molecule has 0 saturated heterocycles. The lowest BCUT2D eigenvalue weighted by Crippen LogP contribution is -2.28. The smallest absolute Gasteiger partial charge is 0.307 e. The number of nitro groups is 1. The second-order valence-electron chi connectivity index (χ2n) is 6.81. The first kappa shape index (κ1) is 20.8. The standard InChI is InChI=1S/C18H21ClN2O6/c1-10-3-4-12(19)6-15(10)20-17(23)9-27-18(24)7-13-14(8-21(25)26)11(2)5-16(13)22/h3-4,6,11,13-14H,5,7-9H2,1-2H3,(H,20,23)/t11-,13-,14-/m1/s1. The minimum Gasteiger partial charge on any atom is -0.456 e. The van der Waals surface area contributed by atoms with E-state index in [0.29, 0.717) is 10.7 Å². The van der Waals surface area contributed by atoms with Gasteiger partial charge in [-0.2, -0.15) is 0 Å². The van der Waals surface area contributed by atoms with Crippen LogP contribution in [0.15, 0.2) is 18.2 Å². The Hall–Kier alpha value is -2.48. The summed E-state index contributed by atoms with van der Waals surface area (Å²) in [5, 5.41) is 13.8. The molecule has 27 heavy (non-hydrogen) atoms. The van der Waals surface area contributed by atoms with Crippen LogP contribution in [0.2, 0.25) is 5.02 Å². The van der Waals surface area contributed by atoms with Gasteiger partial charge in [-0.25, -0.2) is 0 Å². The van der Waals surface area contributed by atoms with E-state index in [4.69, 9.17) is 16.3 Å². The van der Waals surface area contributed by atoms with Gasteiger partial charge in [-0.1, -0.05) is 24.6 Å². The molecule has 1 aliphatic rings. The van der Waals surface area contributed by atoms with Crippen molar-refractivity contribution in [1.82, 2.24) is 0 Å². The lowest BCUT2D eigenvalue weighted by atomic mass is 9.88. The summed E-state index contributed by atoms with van der Waals surface area (Å²) < 4.78 is 4.94. The number of Topliss-reactive ketones (excluding diaryl/α,β-unsaturated/α-hetero) is 1. The number of ketones is 1. The van der Waals surface area contributed by atoms with E-state index in [-0.39, 0.29) is 31.1 Å². The van der Waals surface area contributed by atoms with Gasteiger partial charge in [0.2, 0.25) is 6.54 Å². The Morgan fingerprint density at radius 2 is 2.11 bits per heavy atom. The maximum Gasteiger partial charge on any atom is 0.307 e. The summed E-state index contributed by atoms with van der Waals surface area (Å²) in [6, 6.07) is 5.01. The molecule has 0 aliphatic heterocycles. The monoisotopic (exact) mass is 396 g/mol. The highest BCUT2D eigenvalue weighted by Crippen LogP contribution is 2.36. The summed E-state index contributed by atoms with van der Waals surface area (Å²) in [6.07, 6.45) is -0.0455. The minimum atomic E-state index is -0.740. The van der Waals surface area contributed by atoms with Crippen molar-refractivity contribution in [3.63, 3.8) is 0 Å². The number of benzene rings is 1. The van der Waals surface area contributed by atoms with Crippen molar-refractivity contribution in [2.75, 3.05) is 18.5 Å². The molecule has 1 aromatic rings. The number of nitrogens with zero attached hydrogens (tertiary/aromatic N) is 1. The molecule has 1 N–H and O–H groups in total. The molecule has 3 atom stereocenters. The van der Waals surface area contributed by atoms with Crippen LogP contribution >= 0.6 is 11.6 Å². The van der Waals surface area contributed by atoms with E-state index in [1.807, 2.05) is 0 Å². The number of hydrogen-bond donors (Lipinski definition) is 1. The molecule has 0 spiro atoms. The summed E-state index contributed by atoms with van der Waals surface area (Å²) in [7, 11) is 0. The zero-order valence-corrected chi connectivity index (χ0v) is 15.8. The van der Waals surface area contributed by atoms with Gasteiger partial charge in [0.1, 0.15) is 5.78 Å². The fourth-order valence-corrected chi connectivity index (χ4v) is 3.47. The molecular weight excluding hydrogens is 376 g/mol. The van der Waals surface area contributed by atoms with Crippen LogP contribution in [-0.2, 0) is 19.1 Å². The van der Waals surface area contributed by atoms with Crippen molar-refractivity contribution >= 4 is 34.9 Å². The van der Waals surface area contributed by atoms with Crippen LogP contribution in [0.25, 0.3) is 0 Å². The number of hydrogen-bond acceptors (Lipinski definition) is 6. The van der Waals surface area contributed by atoms with Gasteiger partial charge in [-0.3, -0.25) is 24.5 Å². The fourth-order valence-electron chi connectivity index (χ4n) is 3.30. The third kappa shape index (κ3) is 5.75. The van der Waals surface area contributed by atoms with Crippen molar-refractivity contribution < 1.29 is 24.0 Å². The molecule has 146 valence electrons. The first-order chi connectivity index (χ1) is 12.7.